The van der Waals surface area contributed by atoms with Crippen molar-refractivity contribution in [3.63, 3.8) is 0 Å². The molecular formula is C21H23ClF3N3O2. The number of likely N-dealkylation sites (N-methyl/N-ethyl adjacent to an activating group) is 1. The standard InChI is InChI=1S/C21H23ClF3N3O2/c1-28(13-19(29)26-11-5-8-15-6-3-2-4-7-15)14-20(30)27-16-9-10-18(22)17(12-16)21(23,24)25/h2-4,6-7,9-10,12H,5,8,11,13-14H2,1H3,(H,26,29)(H,27,30). The molecule has 0 bridgehead atoms. The highest BCUT2D eigenvalue weighted by atomic mass is 35.5. The number of hydrogen-bond donors (Lipinski definition) is 2. The fourth-order valence-electron chi connectivity index (χ4n) is 2.79. The summed E-state index contributed by atoms with van der Waals surface area (Å²) < 4.78 is 38.7. The average Bonchev–Trinajstić information content (AvgIpc) is 2.66. The molecular weight excluding hydrogens is 419 g/mol. The summed E-state index contributed by atoms with van der Waals surface area (Å²) in [5.41, 5.74) is 0.150. The number of halogens is 4. The van der Waals surface area contributed by atoms with Gasteiger partial charge in [-0.05, 0) is 43.7 Å². The topological polar surface area (TPSA) is 61.4 Å². The molecule has 0 aliphatic heterocycles. The van der Waals surface area contributed by atoms with E-state index in [0.717, 1.165) is 25.0 Å². The molecule has 5 nitrogen and oxygen atoms in total. The fraction of sp³-hybridized carbons (Fsp3) is 0.333. The molecule has 0 heterocycles. The number of aryl methyl sites for hydroxylation is 1. The number of rotatable bonds is 9. The molecule has 2 aromatic carbocycles. The van der Waals surface area contributed by atoms with E-state index < -0.39 is 22.7 Å². The number of carbonyl (C=O) groups is 2. The minimum atomic E-state index is -4.62. The van der Waals surface area contributed by atoms with E-state index >= 15 is 0 Å². The first kappa shape index (κ1) is 23.7. The summed E-state index contributed by atoms with van der Waals surface area (Å²) in [5.74, 6) is -0.769. The van der Waals surface area contributed by atoms with Gasteiger partial charge in [0.1, 0.15) is 0 Å². The summed E-state index contributed by atoms with van der Waals surface area (Å²) in [6.07, 6.45) is -2.98. The first-order valence-electron chi connectivity index (χ1n) is 9.31. The predicted octanol–water partition coefficient (Wildman–Crippen LogP) is 3.98. The Hall–Kier alpha value is -2.58. The van der Waals surface area contributed by atoms with Gasteiger partial charge in [0.25, 0.3) is 0 Å². The summed E-state index contributed by atoms with van der Waals surface area (Å²) in [7, 11) is 1.58. The van der Waals surface area contributed by atoms with Crippen LogP contribution in [-0.4, -0.2) is 43.4 Å². The van der Waals surface area contributed by atoms with Crippen LogP contribution in [0, 0.1) is 0 Å². The van der Waals surface area contributed by atoms with E-state index in [0.29, 0.717) is 6.54 Å². The normalized spacial score (nSPS) is 11.4. The maximum atomic E-state index is 12.9. The van der Waals surface area contributed by atoms with Crippen LogP contribution in [0.25, 0.3) is 0 Å². The van der Waals surface area contributed by atoms with Gasteiger partial charge in [0.15, 0.2) is 0 Å². The number of benzene rings is 2. The first-order valence-corrected chi connectivity index (χ1v) is 9.68. The summed E-state index contributed by atoms with van der Waals surface area (Å²) in [6, 6.07) is 13.0. The van der Waals surface area contributed by atoms with Gasteiger partial charge in [-0.2, -0.15) is 13.2 Å². The molecule has 0 aliphatic carbocycles. The number of alkyl halides is 3. The van der Waals surface area contributed by atoms with Gasteiger partial charge in [-0.25, -0.2) is 0 Å². The van der Waals surface area contributed by atoms with Gasteiger partial charge in [-0.1, -0.05) is 41.9 Å². The molecule has 2 amide bonds. The second-order valence-electron chi connectivity index (χ2n) is 6.85. The summed E-state index contributed by atoms with van der Waals surface area (Å²) in [6.45, 7) is 0.355. The molecule has 0 saturated carbocycles. The van der Waals surface area contributed by atoms with Gasteiger partial charge in [-0.3, -0.25) is 14.5 Å². The van der Waals surface area contributed by atoms with Crippen molar-refractivity contribution >= 4 is 29.1 Å². The Morgan fingerprint density at radius 2 is 1.70 bits per heavy atom. The van der Waals surface area contributed by atoms with Gasteiger partial charge >= 0.3 is 6.18 Å². The Bertz CT molecular complexity index is 860. The number of carbonyl (C=O) groups excluding carboxylic acids is 2. The molecule has 9 heteroatoms. The number of nitrogens with zero attached hydrogens (tertiary/aromatic N) is 1. The monoisotopic (exact) mass is 441 g/mol. The van der Waals surface area contributed by atoms with E-state index in [-0.39, 0.29) is 24.7 Å². The van der Waals surface area contributed by atoms with Gasteiger partial charge < -0.3 is 10.6 Å². The van der Waals surface area contributed by atoms with Gasteiger partial charge in [0, 0.05) is 12.2 Å². The minimum Gasteiger partial charge on any atom is -0.355 e. The number of hydrogen-bond acceptors (Lipinski definition) is 3. The summed E-state index contributed by atoms with van der Waals surface area (Å²) >= 11 is 5.56. The van der Waals surface area contributed by atoms with E-state index in [1.807, 2.05) is 30.3 Å². The maximum absolute atomic E-state index is 12.9. The van der Waals surface area contributed by atoms with Crippen molar-refractivity contribution in [3.05, 3.63) is 64.7 Å². The molecule has 162 valence electrons. The van der Waals surface area contributed by atoms with Crippen LogP contribution in [0.2, 0.25) is 5.02 Å². The van der Waals surface area contributed by atoms with Crippen LogP contribution < -0.4 is 10.6 Å². The molecule has 0 atom stereocenters. The molecule has 0 spiro atoms. The molecule has 0 saturated heterocycles. The van der Waals surface area contributed by atoms with E-state index in [9.17, 15) is 22.8 Å². The molecule has 0 aromatic heterocycles. The quantitative estimate of drug-likeness (QED) is 0.579. The SMILES string of the molecule is CN(CC(=O)NCCCc1ccccc1)CC(=O)Nc1ccc(Cl)c(C(F)(F)F)c1. The van der Waals surface area contributed by atoms with Crippen LogP contribution in [0.15, 0.2) is 48.5 Å². The van der Waals surface area contributed by atoms with Gasteiger partial charge in [0.2, 0.25) is 11.8 Å². The van der Waals surface area contributed by atoms with Gasteiger partial charge in [0.05, 0.1) is 23.7 Å². The number of anilines is 1. The van der Waals surface area contributed by atoms with Crippen LogP contribution in [-0.2, 0) is 22.2 Å². The first-order chi connectivity index (χ1) is 14.1. The molecule has 2 rings (SSSR count). The molecule has 0 fully saturated rings. The third kappa shape index (κ3) is 8.04. The van der Waals surface area contributed by atoms with E-state index in [2.05, 4.69) is 10.6 Å². The molecule has 30 heavy (non-hydrogen) atoms. The lowest BCUT2D eigenvalue weighted by Gasteiger charge is -2.17. The van der Waals surface area contributed by atoms with Crippen molar-refractivity contribution in [3.8, 4) is 0 Å². The summed E-state index contributed by atoms with van der Waals surface area (Å²) in [5, 5.41) is 4.73. The van der Waals surface area contributed by atoms with Gasteiger partial charge in [-0.15, -0.1) is 0 Å². The summed E-state index contributed by atoms with van der Waals surface area (Å²) in [4.78, 5) is 25.5. The highest BCUT2D eigenvalue weighted by Crippen LogP contribution is 2.36. The Morgan fingerprint density at radius 1 is 1.03 bits per heavy atom. The zero-order chi connectivity index (χ0) is 22.1. The van der Waals surface area contributed by atoms with Crippen LogP contribution in [0.5, 0.6) is 0 Å². The van der Waals surface area contributed by atoms with Crippen LogP contribution in [0.4, 0.5) is 18.9 Å². The fourth-order valence-corrected chi connectivity index (χ4v) is 3.01. The van der Waals surface area contributed by atoms with Crippen molar-refractivity contribution in [1.29, 1.82) is 0 Å². The second kappa shape index (κ2) is 11.0. The third-order valence-electron chi connectivity index (χ3n) is 4.19. The van der Waals surface area contributed by atoms with Crippen LogP contribution in [0.3, 0.4) is 0 Å². The molecule has 0 aliphatic rings. The third-order valence-corrected chi connectivity index (χ3v) is 4.52. The predicted molar refractivity (Wildman–Crippen MR) is 110 cm³/mol. The van der Waals surface area contributed by atoms with Crippen molar-refractivity contribution in [1.82, 2.24) is 10.2 Å². The Labute approximate surface area is 178 Å². The molecule has 0 unspecified atom stereocenters. The smallest absolute Gasteiger partial charge is 0.355 e. The van der Waals surface area contributed by atoms with E-state index in [4.69, 9.17) is 11.6 Å². The number of amides is 2. The highest BCUT2D eigenvalue weighted by Gasteiger charge is 2.33. The zero-order valence-corrected chi connectivity index (χ0v) is 17.2. The highest BCUT2D eigenvalue weighted by molar-refractivity contribution is 6.31. The Kier molecular flexibility index (Phi) is 8.68. The lowest BCUT2D eigenvalue weighted by molar-refractivity contribution is -0.137. The molecule has 2 N–H and O–H groups in total. The van der Waals surface area contributed by atoms with Crippen molar-refractivity contribution in [2.75, 3.05) is 32.0 Å². The van der Waals surface area contributed by atoms with E-state index in [1.165, 1.54) is 16.5 Å². The second-order valence-corrected chi connectivity index (χ2v) is 7.26. The largest absolute Gasteiger partial charge is 0.417 e. The van der Waals surface area contributed by atoms with Crippen molar-refractivity contribution in [2.24, 2.45) is 0 Å². The zero-order valence-electron chi connectivity index (χ0n) is 16.4. The van der Waals surface area contributed by atoms with Crippen LogP contribution in [0.1, 0.15) is 17.5 Å². The minimum absolute atomic E-state index is 0.00677. The van der Waals surface area contributed by atoms with Crippen LogP contribution >= 0.6 is 11.6 Å². The van der Waals surface area contributed by atoms with Crippen molar-refractivity contribution in [2.45, 2.75) is 19.0 Å². The lowest BCUT2D eigenvalue weighted by Crippen LogP contribution is -2.39. The lowest BCUT2D eigenvalue weighted by atomic mass is 10.1. The Morgan fingerprint density at radius 3 is 2.37 bits per heavy atom. The van der Waals surface area contributed by atoms with E-state index in [1.54, 1.807) is 7.05 Å². The average molecular weight is 442 g/mol. The number of nitrogens with one attached hydrogen (secondary N) is 2. The maximum Gasteiger partial charge on any atom is 0.417 e. The Balaban J connectivity index is 1.73. The molecule has 2 aromatic rings. The molecule has 0 radical (unpaired) electrons. The van der Waals surface area contributed by atoms with Crippen molar-refractivity contribution < 1.29 is 22.8 Å².